The molecule has 1 N–H and O–H groups in total. The second kappa shape index (κ2) is 8.87. The van der Waals surface area contributed by atoms with Gasteiger partial charge in [-0.05, 0) is 55.3 Å². The number of carbonyl (C=O) groups is 3. The lowest BCUT2D eigenvalue weighted by molar-refractivity contribution is -0.132. The van der Waals surface area contributed by atoms with Gasteiger partial charge >= 0.3 is 11.9 Å². The lowest BCUT2D eigenvalue weighted by Crippen LogP contribution is -2.29. The van der Waals surface area contributed by atoms with Gasteiger partial charge in [-0.3, -0.25) is 14.5 Å². The number of aryl methyl sites for hydroxylation is 1. The Morgan fingerprint density at radius 2 is 1.94 bits per heavy atom. The van der Waals surface area contributed by atoms with Crippen molar-refractivity contribution in [2.45, 2.75) is 32.4 Å². The van der Waals surface area contributed by atoms with Crippen LogP contribution in [-0.4, -0.2) is 41.0 Å². The highest BCUT2D eigenvalue weighted by Gasteiger charge is 2.48. The van der Waals surface area contributed by atoms with Gasteiger partial charge in [0.2, 0.25) is 0 Å². The zero-order valence-electron chi connectivity index (χ0n) is 19.6. The van der Waals surface area contributed by atoms with Crippen molar-refractivity contribution in [1.82, 2.24) is 4.98 Å². The molecule has 2 atom stereocenters. The molecule has 1 fully saturated rings. The standard InChI is InChI=1S/C26H21FN2O6S/c1-12-10-16-11-15(6-9-18(16)35-12)21(30)19-20(14-4-7-17(27)8-5-14)29(24(32)22(19)31)26-28-13(2)23(36-26)25(33)34-3/h4-9,11-12,20,30H,10H2,1-3H3/t12-,20+/m1/s1. The summed E-state index contributed by atoms with van der Waals surface area (Å²) >= 11 is 0.895. The number of esters is 1. The number of hydrogen-bond donors (Lipinski definition) is 1. The van der Waals surface area contributed by atoms with Gasteiger partial charge in [-0.1, -0.05) is 23.5 Å². The molecule has 0 radical (unpaired) electrons. The van der Waals surface area contributed by atoms with Crippen molar-refractivity contribution in [3.05, 3.63) is 81.1 Å². The van der Waals surface area contributed by atoms with Crippen LogP contribution in [0.2, 0.25) is 0 Å². The molecule has 5 rings (SSSR count). The zero-order valence-corrected chi connectivity index (χ0v) is 20.4. The van der Waals surface area contributed by atoms with E-state index < -0.39 is 29.5 Å². The summed E-state index contributed by atoms with van der Waals surface area (Å²) in [5, 5.41) is 11.4. The maximum atomic E-state index is 13.7. The minimum Gasteiger partial charge on any atom is -0.507 e. The number of Topliss-reactive ketones (excluding diaryl/α,β-unsaturated/α-hetero) is 1. The van der Waals surface area contributed by atoms with Crippen LogP contribution in [0.5, 0.6) is 5.75 Å². The van der Waals surface area contributed by atoms with Crippen LogP contribution < -0.4 is 9.64 Å². The summed E-state index contributed by atoms with van der Waals surface area (Å²) in [6.07, 6.45) is 0.625. The second-order valence-electron chi connectivity index (χ2n) is 8.58. The van der Waals surface area contributed by atoms with E-state index in [1.807, 2.05) is 6.92 Å². The van der Waals surface area contributed by atoms with Crippen molar-refractivity contribution in [3.63, 3.8) is 0 Å². The second-order valence-corrected chi connectivity index (χ2v) is 9.56. The molecule has 36 heavy (non-hydrogen) atoms. The van der Waals surface area contributed by atoms with Crippen molar-refractivity contribution in [1.29, 1.82) is 0 Å². The van der Waals surface area contributed by atoms with Crippen LogP contribution in [0, 0.1) is 12.7 Å². The van der Waals surface area contributed by atoms with Gasteiger partial charge in [0.05, 0.1) is 24.4 Å². The molecular formula is C26H21FN2O6S. The van der Waals surface area contributed by atoms with Gasteiger partial charge in [0.25, 0.3) is 5.78 Å². The Morgan fingerprint density at radius 1 is 1.22 bits per heavy atom. The summed E-state index contributed by atoms with van der Waals surface area (Å²) in [5.41, 5.74) is 1.78. The van der Waals surface area contributed by atoms with Crippen molar-refractivity contribution >= 4 is 39.9 Å². The minimum atomic E-state index is -1.09. The minimum absolute atomic E-state index is 0.0145. The predicted molar refractivity (Wildman–Crippen MR) is 130 cm³/mol. The molecule has 8 nitrogen and oxygen atoms in total. The van der Waals surface area contributed by atoms with Gasteiger partial charge in [-0.2, -0.15) is 0 Å². The van der Waals surface area contributed by atoms with E-state index in [2.05, 4.69) is 4.98 Å². The number of methoxy groups -OCH3 is 1. The molecule has 1 aromatic heterocycles. The first-order valence-electron chi connectivity index (χ1n) is 11.1. The smallest absolute Gasteiger partial charge is 0.350 e. The predicted octanol–water partition coefficient (Wildman–Crippen LogP) is 4.33. The highest BCUT2D eigenvalue weighted by Crippen LogP contribution is 2.44. The third kappa shape index (κ3) is 3.83. The molecule has 0 aliphatic carbocycles. The molecule has 0 spiro atoms. The number of aliphatic hydroxyl groups is 1. The van der Waals surface area contributed by atoms with Crippen LogP contribution in [0.25, 0.3) is 5.76 Å². The van der Waals surface area contributed by atoms with Crippen LogP contribution in [0.1, 0.15) is 45.0 Å². The lowest BCUT2D eigenvalue weighted by Gasteiger charge is -2.23. The lowest BCUT2D eigenvalue weighted by atomic mass is 9.94. The number of halogens is 1. The van der Waals surface area contributed by atoms with E-state index in [1.165, 1.54) is 31.4 Å². The molecule has 1 amide bonds. The molecule has 0 unspecified atom stereocenters. The number of anilines is 1. The quantitative estimate of drug-likeness (QED) is 0.242. The number of thiazole rings is 1. The normalized spacial score (nSPS) is 20.4. The fraction of sp³-hybridized carbons (Fsp3) is 0.231. The van der Waals surface area contributed by atoms with Crippen molar-refractivity contribution in [2.24, 2.45) is 0 Å². The SMILES string of the molecule is COC(=O)c1sc(N2C(=O)C(=O)C(=C(O)c3ccc4c(c3)C[C@@H](C)O4)[C@@H]2c2ccc(F)cc2)nc1C. The Morgan fingerprint density at radius 3 is 2.64 bits per heavy atom. The molecule has 1 saturated heterocycles. The average Bonchev–Trinajstić information content (AvgIpc) is 3.50. The molecule has 0 saturated carbocycles. The topological polar surface area (TPSA) is 106 Å². The number of hydrogen-bond acceptors (Lipinski definition) is 8. The van der Waals surface area contributed by atoms with E-state index in [0.29, 0.717) is 29.0 Å². The zero-order chi connectivity index (χ0) is 25.7. The Balaban J connectivity index is 1.68. The Kier molecular flexibility index (Phi) is 5.83. The summed E-state index contributed by atoms with van der Waals surface area (Å²) in [6, 6.07) is 9.25. The third-order valence-corrected chi connectivity index (χ3v) is 7.30. The van der Waals surface area contributed by atoms with Gasteiger partial charge in [0.1, 0.15) is 28.3 Å². The van der Waals surface area contributed by atoms with Crippen LogP contribution in [-0.2, 0) is 20.7 Å². The highest BCUT2D eigenvalue weighted by atomic mass is 32.1. The first-order valence-corrected chi connectivity index (χ1v) is 11.9. The summed E-state index contributed by atoms with van der Waals surface area (Å²) in [6.45, 7) is 3.52. The van der Waals surface area contributed by atoms with E-state index in [9.17, 15) is 23.9 Å². The number of fused-ring (bicyclic) bond motifs is 1. The number of nitrogens with zero attached hydrogens (tertiary/aromatic N) is 2. The maximum absolute atomic E-state index is 13.7. The molecule has 2 aliphatic heterocycles. The van der Waals surface area contributed by atoms with Crippen LogP contribution in [0.3, 0.4) is 0 Å². The third-order valence-electron chi connectivity index (χ3n) is 6.16. The van der Waals surface area contributed by atoms with E-state index >= 15 is 0 Å². The fourth-order valence-corrected chi connectivity index (χ4v) is 5.49. The van der Waals surface area contributed by atoms with E-state index in [0.717, 1.165) is 21.8 Å². The maximum Gasteiger partial charge on any atom is 0.350 e. The number of aliphatic hydroxyl groups excluding tert-OH is 1. The average molecular weight is 509 g/mol. The van der Waals surface area contributed by atoms with E-state index in [-0.39, 0.29) is 27.4 Å². The van der Waals surface area contributed by atoms with Crippen molar-refractivity contribution < 1.29 is 33.4 Å². The number of ketones is 1. The van der Waals surface area contributed by atoms with Gasteiger partial charge in [0.15, 0.2) is 5.13 Å². The molecule has 3 aromatic rings. The molecule has 2 aliphatic rings. The largest absolute Gasteiger partial charge is 0.507 e. The number of amides is 1. The van der Waals surface area contributed by atoms with Gasteiger partial charge in [0, 0.05) is 12.0 Å². The summed E-state index contributed by atoms with van der Waals surface area (Å²) in [5.74, 6) is -2.63. The first kappa shape index (κ1) is 23.7. The number of aromatic nitrogens is 1. The molecular weight excluding hydrogens is 487 g/mol. The Labute approximate surface area is 209 Å². The van der Waals surface area contributed by atoms with E-state index in [1.54, 1.807) is 25.1 Å². The Bertz CT molecular complexity index is 1450. The van der Waals surface area contributed by atoms with Gasteiger partial charge in [-0.25, -0.2) is 14.2 Å². The monoisotopic (exact) mass is 508 g/mol. The molecule has 10 heteroatoms. The highest BCUT2D eigenvalue weighted by molar-refractivity contribution is 7.17. The van der Waals surface area contributed by atoms with Gasteiger partial charge < -0.3 is 14.6 Å². The summed E-state index contributed by atoms with van der Waals surface area (Å²) < 4.78 is 24.2. The number of rotatable bonds is 4. The first-order chi connectivity index (χ1) is 17.2. The summed E-state index contributed by atoms with van der Waals surface area (Å²) in [4.78, 5) is 44.4. The Hall–Kier alpha value is -4.05. The van der Waals surface area contributed by atoms with Crippen LogP contribution >= 0.6 is 11.3 Å². The summed E-state index contributed by atoms with van der Waals surface area (Å²) in [7, 11) is 1.23. The van der Waals surface area contributed by atoms with Gasteiger partial charge in [-0.15, -0.1) is 0 Å². The fourth-order valence-electron chi connectivity index (χ4n) is 4.48. The van der Waals surface area contributed by atoms with Crippen LogP contribution in [0.4, 0.5) is 9.52 Å². The van der Waals surface area contributed by atoms with Crippen LogP contribution in [0.15, 0.2) is 48.0 Å². The molecule has 0 bridgehead atoms. The molecule has 3 heterocycles. The molecule has 184 valence electrons. The number of carbonyl (C=O) groups excluding carboxylic acids is 3. The van der Waals surface area contributed by atoms with Crippen molar-refractivity contribution in [2.75, 3.05) is 12.0 Å². The van der Waals surface area contributed by atoms with Crippen molar-refractivity contribution in [3.8, 4) is 5.75 Å². The molecule has 2 aromatic carbocycles. The number of ether oxygens (including phenoxy) is 2. The number of benzene rings is 2. The van der Waals surface area contributed by atoms with E-state index in [4.69, 9.17) is 9.47 Å².